The Bertz CT molecular complexity index is 1560. The van der Waals surface area contributed by atoms with Gasteiger partial charge >= 0.3 is 21.2 Å². The Hall–Kier alpha value is -2.80. The summed E-state index contributed by atoms with van der Waals surface area (Å²) in [5.41, 5.74) is -1.04. The van der Waals surface area contributed by atoms with Gasteiger partial charge in [0.15, 0.2) is 17.0 Å². The Morgan fingerprint density at radius 2 is 1.78 bits per heavy atom. The van der Waals surface area contributed by atoms with Gasteiger partial charge in [0.2, 0.25) is 11.3 Å². The van der Waals surface area contributed by atoms with Gasteiger partial charge in [0, 0.05) is 31.9 Å². The highest BCUT2D eigenvalue weighted by Gasteiger charge is 2.48. The average Bonchev–Trinajstić information content (AvgIpc) is 3.62. The van der Waals surface area contributed by atoms with Crippen LogP contribution in [0.25, 0.3) is 10.9 Å². The van der Waals surface area contributed by atoms with Crippen LogP contribution in [-0.2, 0) is 13.9 Å². The van der Waals surface area contributed by atoms with Crippen molar-refractivity contribution in [3.8, 4) is 5.75 Å². The molecule has 2 atom stereocenters. The number of carboxylic acids is 1. The fraction of sp³-hybridized carbons (Fsp3) is 0.542. The van der Waals surface area contributed by atoms with E-state index in [1.165, 1.54) is 18.2 Å². The molecule has 41 heavy (non-hydrogen) atoms. The highest BCUT2D eigenvalue weighted by molar-refractivity contribution is 7.70. The summed E-state index contributed by atoms with van der Waals surface area (Å²) in [6.45, 7) is 0.556. The Morgan fingerprint density at radius 1 is 1.12 bits per heavy atom. The van der Waals surface area contributed by atoms with Gasteiger partial charge in [0.1, 0.15) is 11.3 Å². The molecule has 224 valence electrons. The summed E-state index contributed by atoms with van der Waals surface area (Å²) < 4.78 is 46.5. The molecule has 0 radical (unpaired) electrons. The first kappa shape index (κ1) is 29.7. The van der Waals surface area contributed by atoms with Crippen molar-refractivity contribution < 1.29 is 52.5 Å². The molecule has 3 aliphatic rings. The molecule has 2 saturated heterocycles. The number of amides is 1. The van der Waals surface area contributed by atoms with Crippen molar-refractivity contribution in [3.05, 3.63) is 33.9 Å². The molecular weight excluding hydrogens is 587 g/mol. The van der Waals surface area contributed by atoms with Crippen LogP contribution in [0, 0.1) is 11.7 Å². The number of carbonyl (C=O) groups is 2. The van der Waals surface area contributed by atoms with Crippen LogP contribution in [0.15, 0.2) is 17.1 Å². The zero-order chi connectivity index (χ0) is 30.0. The molecule has 2 aromatic rings. The minimum absolute atomic E-state index is 0.0296. The second kappa shape index (κ2) is 10.5. The fourth-order valence-corrected chi connectivity index (χ4v) is 8.46. The third-order valence-electron chi connectivity index (χ3n) is 8.12. The van der Waals surface area contributed by atoms with Crippen molar-refractivity contribution >= 4 is 43.7 Å². The summed E-state index contributed by atoms with van der Waals surface area (Å²) in [5, 5.41) is 6.94. The number of methoxy groups -OCH3 is 1. The van der Waals surface area contributed by atoms with Gasteiger partial charge in [-0.2, -0.15) is 0 Å². The van der Waals surface area contributed by atoms with Crippen LogP contribution in [0.3, 0.4) is 0 Å². The lowest BCUT2D eigenvalue weighted by molar-refractivity contribution is -0.135. The van der Waals surface area contributed by atoms with E-state index in [-0.39, 0.29) is 53.9 Å². The summed E-state index contributed by atoms with van der Waals surface area (Å²) in [6, 6.07) is 0.370. The number of likely N-dealkylation sites (tertiary alicyclic amines) is 1. The van der Waals surface area contributed by atoms with E-state index in [9.17, 15) is 48.2 Å². The third kappa shape index (κ3) is 5.42. The molecule has 2 unspecified atom stereocenters. The molecule has 17 heteroatoms. The van der Waals surface area contributed by atoms with Crippen molar-refractivity contribution in [1.82, 2.24) is 9.47 Å². The lowest BCUT2D eigenvalue weighted by atomic mass is 9.92. The number of hydrogen-bond acceptors (Lipinski definition) is 7. The molecule has 0 bridgehead atoms. The summed E-state index contributed by atoms with van der Waals surface area (Å²) in [7, 11) is -9.30. The van der Waals surface area contributed by atoms with E-state index in [1.807, 2.05) is 0 Å². The van der Waals surface area contributed by atoms with Gasteiger partial charge in [0.25, 0.3) is 0 Å². The number of piperidine rings is 1. The van der Waals surface area contributed by atoms with Gasteiger partial charge in [-0.25, -0.2) is 9.18 Å². The number of pyridine rings is 1. The quantitative estimate of drug-likeness (QED) is 0.268. The van der Waals surface area contributed by atoms with Crippen LogP contribution < -0.4 is 15.1 Å². The molecule has 2 aliphatic heterocycles. The number of carboxylic acid groups (broad SMARTS) is 1. The lowest BCUT2D eigenvalue weighted by Gasteiger charge is -2.37. The van der Waals surface area contributed by atoms with E-state index in [0.717, 1.165) is 18.9 Å². The zero-order valence-corrected chi connectivity index (χ0v) is 23.7. The number of anilines is 1. The molecule has 1 aliphatic carbocycles. The third-order valence-corrected chi connectivity index (χ3v) is 11.8. The summed E-state index contributed by atoms with van der Waals surface area (Å²) in [5.74, 6) is -3.22. The normalized spacial score (nSPS) is 21.4. The van der Waals surface area contributed by atoms with Crippen LogP contribution in [0.5, 0.6) is 5.75 Å². The van der Waals surface area contributed by atoms with Crippen LogP contribution in [-0.4, -0.2) is 84.2 Å². The number of aromatic carboxylic acids is 1. The molecule has 14 nitrogen and oxygen atoms in total. The Labute approximate surface area is 232 Å². The summed E-state index contributed by atoms with van der Waals surface area (Å²) >= 11 is 0. The van der Waals surface area contributed by atoms with E-state index in [0.29, 0.717) is 12.8 Å². The van der Waals surface area contributed by atoms with E-state index in [2.05, 4.69) is 0 Å². The number of aromatic nitrogens is 1. The fourth-order valence-electron chi connectivity index (χ4n) is 6.10. The van der Waals surface area contributed by atoms with Gasteiger partial charge in [0.05, 0.1) is 30.5 Å². The molecule has 5 N–H and O–H groups in total. The van der Waals surface area contributed by atoms with E-state index in [4.69, 9.17) is 4.74 Å². The molecule has 0 spiro atoms. The molecule has 1 amide bonds. The second-order valence-electron chi connectivity index (χ2n) is 10.8. The first-order valence-corrected chi connectivity index (χ1v) is 16.3. The number of hydrogen-bond donors (Lipinski definition) is 5. The number of rotatable bonds is 8. The number of fused-ring (bicyclic) bond motifs is 2. The molecule has 5 rings (SSSR count). The number of halogens is 1. The topological polar surface area (TPSA) is 207 Å². The minimum Gasteiger partial charge on any atom is -0.492 e. The van der Waals surface area contributed by atoms with Gasteiger partial charge < -0.3 is 43.8 Å². The highest BCUT2D eigenvalue weighted by atomic mass is 31.2. The van der Waals surface area contributed by atoms with E-state index in [1.54, 1.807) is 9.47 Å². The monoisotopic (exact) mass is 617 g/mol. The predicted molar refractivity (Wildman–Crippen MR) is 143 cm³/mol. The van der Waals surface area contributed by atoms with Crippen LogP contribution >= 0.6 is 15.2 Å². The van der Waals surface area contributed by atoms with Gasteiger partial charge in [-0.05, 0) is 37.7 Å². The largest absolute Gasteiger partial charge is 0.492 e. The Balaban J connectivity index is 1.52. The van der Waals surface area contributed by atoms with E-state index >= 15 is 4.39 Å². The lowest BCUT2D eigenvalue weighted by Crippen LogP contribution is -2.49. The first-order chi connectivity index (χ1) is 19.1. The molecular formula is C24H30FN3O11P2. The van der Waals surface area contributed by atoms with Gasteiger partial charge in [-0.3, -0.25) is 18.7 Å². The van der Waals surface area contributed by atoms with Crippen molar-refractivity contribution in [2.24, 2.45) is 5.92 Å². The van der Waals surface area contributed by atoms with Gasteiger partial charge in [-0.1, -0.05) is 0 Å². The molecule has 1 aromatic heterocycles. The van der Waals surface area contributed by atoms with Crippen molar-refractivity contribution in [2.75, 3.05) is 31.6 Å². The summed E-state index contributed by atoms with van der Waals surface area (Å²) in [4.78, 5) is 78.7. The van der Waals surface area contributed by atoms with Crippen LogP contribution in [0.4, 0.5) is 10.1 Å². The van der Waals surface area contributed by atoms with Crippen molar-refractivity contribution in [3.63, 3.8) is 0 Å². The molecule has 1 saturated carbocycles. The maximum Gasteiger partial charge on any atom is 0.341 e. The van der Waals surface area contributed by atoms with Crippen molar-refractivity contribution in [2.45, 2.75) is 49.6 Å². The average molecular weight is 617 g/mol. The van der Waals surface area contributed by atoms with Crippen LogP contribution in [0.2, 0.25) is 0 Å². The zero-order valence-electron chi connectivity index (χ0n) is 21.9. The van der Waals surface area contributed by atoms with Gasteiger partial charge in [-0.15, -0.1) is 0 Å². The predicted octanol–water partition coefficient (Wildman–Crippen LogP) is 1.68. The standard InChI is InChI=1S/C24H30FN3O11P2/c1-39-23-20-14(22(30)15(24(31)32)10-28(20)13-4-5-13)7-16(25)21(23)26-9-12-3-2-6-27(17(12)11-26)18(29)8-19(40(33,34)35)41(36,37)38/h7,10,12-13,17,19H,2-6,8-9,11H2,1H3,(H,31,32)(H2,33,34,35)(H2,36,37,38). The Morgan fingerprint density at radius 3 is 2.34 bits per heavy atom. The maximum absolute atomic E-state index is 15.8. The molecule has 1 aromatic carbocycles. The van der Waals surface area contributed by atoms with Crippen LogP contribution in [0.1, 0.15) is 48.5 Å². The Kier molecular flexibility index (Phi) is 7.59. The number of nitrogens with zero attached hydrogens (tertiary/aromatic N) is 3. The molecule has 3 heterocycles. The number of benzene rings is 1. The molecule has 3 fully saturated rings. The highest BCUT2D eigenvalue weighted by Crippen LogP contribution is 2.61. The SMILES string of the molecule is COc1c(N2CC3CCCN(C(=O)CC(P(=O)(O)O)P(=O)(O)O)C3C2)c(F)cc2c(=O)c(C(=O)O)cn(C3CC3)c12. The summed E-state index contributed by atoms with van der Waals surface area (Å²) in [6.07, 6.45) is 2.85. The first-order valence-electron chi connectivity index (χ1n) is 13.0. The maximum atomic E-state index is 15.8. The van der Waals surface area contributed by atoms with E-state index < -0.39 is 61.7 Å². The number of carbonyl (C=O) groups excluding carboxylic acids is 1. The number of ether oxygens (including phenoxy) is 1. The minimum atomic E-state index is -5.30. The smallest absolute Gasteiger partial charge is 0.341 e. The second-order valence-corrected chi connectivity index (χ2v) is 14.8. The van der Waals surface area contributed by atoms with Crippen molar-refractivity contribution in [1.29, 1.82) is 0 Å².